The third kappa shape index (κ3) is 4.73. The molecule has 11 rings (SSSR count). The molecule has 2 heterocycles. The summed E-state index contributed by atoms with van der Waals surface area (Å²) in [5, 5.41) is 12.2. The molecule has 11 aromatic rings. The standard InChI is InChI=1S/C49H29N3O/c1-2-13-31(14-3-1)47-50-48(52-49(51-47)42-22-11-21-41-38-20-8-9-23-44(38)53-46(41)42)34-16-10-15-32(28-34)33-25-27-40-43(29-33)37-19-7-6-18-36(37)39-26-24-30-12-4-5-17-35(30)45(39)40/h1-29H. The summed E-state index contributed by atoms with van der Waals surface area (Å²) in [6, 6.07) is 61.7. The van der Waals surface area contributed by atoms with Crippen molar-refractivity contribution in [2.45, 2.75) is 0 Å². The van der Waals surface area contributed by atoms with Crippen LogP contribution in [0, 0.1) is 0 Å². The van der Waals surface area contributed by atoms with Crippen LogP contribution in [0.1, 0.15) is 0 Å². The summed E-state index contributed by atoms with van der Waals surface area (Å²) < 4.78 is 6.42. The van der Waals surface area contributed by atoms with Gasteiger partial charge in [0.1, 0.15) is 11.2 Å². The molecule has 0 spiro atoms. The number of rotatable bonds is 4. The van der Waals surface area contributed by atoms with Crippen LogP contribution in [0.2, 0.25) is 0 Å². The molecule has 4 nitrogen and oxygen atoms in total. The van der Waals surface area contributed by atoms with Crippen LogP contribution in [0.25, 0.3) is 110 Å². The molecule has 0 unspecified atom stereocenters. The summed E-state index contributed by atoms with van der Waals surface area (Å²) in [5.41, 5.74) is 6.49. The van der Waals surface area contributed by atoms with Crippen LogP contribution in [0.5, 0.6) is 0 Å². The van der Waals surface area contributed by atoms with E-state index in [1.165, 1.54) is 43.1 Å². The van der Waals surface area contributed by atoms with E-state index in [0.29, 0.717) is 17.5 Å². The number of fused-ring (bicyclic) bond motifs is 11. The summed E-state index contributed by atoms with van der Waals surface area (Å²) in [5.74, 6) is 1.79. The first-order valence-electron chi connectivity index (χ1n) is 17.9. The largest absolute Gasteiger partial charge is 0.455 e. The third-order valence-electron chi connectivity index (χ3n) is 10.5. The van der Waals surface area contributed by atoms with Gasteiger partial charge in [-0.1, -0.05) is 152 Å². The molecular formula is C49H29N3O. The summed E-state index contributed by atoms with van der Waals surface area (Å²) >= 11 is 0. The van der Waals surface area contributed by atoms with Crippen molar-refractivity contribution in [2.75, 3.05) is 0 Å². The Morgan fingerprint density at radius 3 is 1.77 bits per heavy atom. The lowest BCUT2D eigenvalue weighted by atomic mass is 9.89. The summed E-state index contributed by atoms with van der Waals surface area (Å²) in [6.45, 7) is 0. The van der Waals surface area contributed by atoms with Gasteiger partial charge in [0.2, 0.25) is 0 Å². The molecule has 0 aliphatic rings. The van der Waals surface area contributed by atoms with E-state index in [2.05, 4.69) is 115 Å². The van der Waals surface area contributed by atoms with Gasteiger partial charge in [-0.05, 0) is 78.5 Å². The van der Waals surface area contributed by atoms with Gasteiger partial charge in [-0.3, -0.25) is 0 Å². The fourth-order valence-electron chi connectivity index (χ4n) is 8.01. The van der Waals surface area contributed by atoms with Gasteiger partial charge in [0, 0.05) is 21.9 Å². The fourth-order valence-corrected chi connectivity index (χ4v) is 8.01. The van der Waals surface area contributed by atoms with E-state index < -0.39 is 0 Å². The Kier molecular flexibility index (Phi) is 6.52. The fraction of sp³-hybridized carbons (Fsp3) is 0. The zero-order chi connectivity index (χ0) is 34.9. The van der Waals surface area contributed by atoms with Crippen molar-refractivity contribution < 1.29 is 4.42 Å². The Morgan fingerprint density at radius 2 is 0.906 bits per heavy atom. The second-order valence-electron chi connectivity index (χ2n) is 13.5. The van der Waals surface area contributed by atoms with Crippen LogP contribution in [0.3, 0.4) is 0 Å². The van der Waals surface area contributed by atoms with Crippen molar-refractivity contribution in [3.05, 3.63) is 176 Å². The number of para-hydroxylation sites is 2. The maximum atomic E-state index is 6.42. The molecule has 0 aliphatic carbocycles. The maximum absolute atomic E-state index is 6.42. The SMILES string of the molecule is c1ccc(-c2nc(-c3cccc(-c4ccc5c(c4)c4ccccc4c4ccc6ccccc6c45)c3)nc(-c3cccc4c3oc3ccccc34)n2)cc1. The van der Waals surface area contributed by atoms with Gasteiger partial charge in [-0.25, -0.2) is 15.0 Å². The number of benzene rings is 9. The van der Waals surface area contributed by atoms with Gasteiger partial charge in [0.15, 0.2) is 17.5 Å². The van der Waals surface area contributed by atoms with Crippen molar-refractivity contribution in [3.8, 4) is 45.3 Å². The van der Waals surface area contributed by atoms with Gasteiger partial charge in [0.25, 0.3) is 0 Å². The maximum Gasteiger partial charge on any atom is 0.167 e. The Bertz CT molecular complexity index is 3240. The van der Waals surface area contributed by atoms with E-state index >= 15 is 0 Å². The lowest BCUT2D eigenvalue weighted by Crippen LogP contribution is -2.00. The second kappa shape index (κ2) is 11.7. The minimum absolute atomic E-state index is 0.570. The molecule has 0 radical (unpaired) electrons. The van der Waals surface area contributed by atoms with Gasteiger partial charge in [-0.15, -0.1) is 0 Å². The quantitative estimate of drug-likeness (QED) is 0.174. The Hall–Kier alpha value is -7.17. The van der Waals surface area contributed by atoms with Crippen molar-refractivity contribution in [1.82, 2.24) is 15.0 Å². The highest BCUT2D eigenvalue weighted by Gasteiger charge is 2.18. The predicted octanol–water partition coefficient (Wildman–Crippen LogP) is 13.1. The highest BCUT2D eigenvalue weighted by Crippen LogP contribution is 2.41. The summed E-state index contributed by atoms with van der Waals surface area (Å²) in [4.78, 5) is 15.2. The van der Waals surface area contributed by atoms with E-state index in [4.69, 9.17) is 19.4 Å². The summed E-state index contributed by atoms with van der Waals surface area (Å²) in [6.07, 6.45) is 0. The number of furan rings is 1. The average Bonchev–Trinajstić information content (AvgIpc) is 3.62. The second-order valence-corrected chi connectivity index (χ2v) is 13.5. The zero-order valence-corrected chi connectivity index (χ0v) is 28.5. The summed E-state index contributed by atoms with van der Waals surface area (Å²) in [7, 11) is 0. The Morgan fingerprint density at radius 1 is 0.321 bits per heavy atom. The molecule has 0 fully saturated rings. The predicted molar refractivity (Wildman–Crippen MR) is 219 cm³/mol. The minimum Gasteiger partial charge on any atom is -0.455 e. The van der Waals surface area contributed by atoms with Crippen molar-refractivity contribution in [3.63, 3.8) is 0 Å². The molecule has 0 saturated heterocycles. The van der Waals surface area contributed by atoms with Gasteiger partial charge < -0.3 is 4.42 Å². The first-order valence-corrected chi connectivity index (χ1v) is 17.9. The van der Waals surface area contributed by atoms with Gasteiger partial charge in [-0.2, -0.15) is 0 Å². The Balaban J connectivity index is 1.10. The van der Waals surface area contributed by atoms with Crippen LogP contribution < -0.4 is 0 Å². The number of hydrogen-bond acceptors (Lipinski definition) is 4. The lowest BCUT2D eigenvalue weighted by molar-refractivity contribution is 0.669. The first kappa shape index (κ1) is 29.5. The van der Waals surface area contributed by atoms with Gasteiger partial charge in [0.05, 0.1) is 5.56 Å². The molecule has 53 heavy (non-hydrogen) atoms. The van der Waals surface area contributed by atoms with Crippen LogP contribution in [0.4, 0.5) is 0 Å². The molecule has 4 heteroatoms. The monoisotopic (exact) mass is 675 g/mol. The van der Waals surface area contributed by atoms with Crippen LogP contribution in [-0.2, 0) is 0 Å². The van der Waals surface area contributed by atoms with Crippen molar-refractivity contribution in [1.29, 1.82) is 0 Å². The van der Waals surface area contributed by atoms with E-state index in [0.717, 1.165) is 49.8 Å². The van der Waals surface area contributed by atoms with E-state index in [1.807, 2.05) is 60.7 Å². The van der Waals surface area contributed by atoms with Crippen LogP contribution in [0.15, 0.2) is 180 Å². The smallest absolute Gasteiger partial charge is 0.167 e. The molecular weight excluding hydrogens is 647 g/mol. The molecule has 0 N–H and O–H groups in total. The van der Waals surface area contributed by atoms with Gasteiger partial charge >= 0.3 is 0 Å². The van der Waals surface area contributed by atoms with Crippen LogP contribution in [-0.4, -0.2) is 15.0 Å². The molecule has 0 saturated carbocycles. The Labute approximate surface area is 304 Å². The van der Waals surface area contributed by atoms with Crippen molar-refractivity contribution >= 4 is 65.0 Å². The molecule has 246 valence electrons. The molecule has 0 bridgehead atoms. The molecule has 0 aliphatic heterocycles. The number of nitrogens with zero attached hydrogens (tertiary/aromatic N) is 3. The topological polar surface area (TPSA) is 51.8 Å². The normalized spacial score (nSPS) is 11.8. The average molecular weight is 676 g/mol. The highest BCUT2D eigenvalue weighted by molar-refractivity contribution is 6.31. The lowest BCUT2D eigenvalue weighted by Gasteiger charge is -2.14. The molecule has 9 aromatic carbocycles. The van der Waals surface area contributed by atoms with E-state index in [1.54, 1.807) is 0 Å². The number of aromatic nitrogens is 3. The molecule has 2 aromatic heterocycles. The highest BCUT2D eigenvalue weighted by atomic mass is 16.3. The van der Waals surface area contributed by atoms with Crippen LogP contribution >= 0.6 is 0 Å². The third-order valence-corrected chi connectivity index (χ3v) is 10.5. The minimum atomic E-state index is 0.570. The molecule has 0 atom stereocenters. The van der Waals surface area contributed by atoms with E-state index in [9.17, 15) is 0 Å². The first-order chi connectivity index (χ1) is 26.3. The number of hydrogen-bond donors (Lipinski definition) is 0. The zero-order valence-electron chi connectivity index (χ0n) is 28.5. The molecule has 0 amide bonds. The van der Waals surface area contributed by atoms with Crippen molar-refractivity contribution in [2.24, 2.45) is 0 Å². The van der Waals surface area contributed by atoms with E-state index in [-0.39, 0.29) is 0 Å².